The molecule has 1 fully saturated rings. The van der Waals surface area contributed by atoms with Crippen LogP contribution in [0.1, 0.15) is 45.2 Å². The fourth-order valence-electron chi connectivity index (χ4n) is 4.10. The minimum absolute atomic E-state index is 0.0376. The molecule has 1 aliphatic rings. The van der Waals surface area contributed by atoms with Crippen molar-refractivity contribution < 1.29 is 14.0 Å². The van der Waals surface area contributed by atoms with Crippen LogP contribution in [0.2, 0.25) is 0 Å². The van der Waals surface area contributed by atoms with Crippen molar-refractivity contribution in [1.82, 2.24) is 20.5 Å². The van der Waals surface area contributed by atoms with Crippen LogP contribution in [-0.4, -0.2) is 54.4 Å². The lowest BCUT2D eigenvalue weighted by molar-refractivity contribution is -0.138. The summed E-state index contributed by atoms with van der Waals surface area (Å²) in [6.07, 6.45) is 3.48. The summed E-state index contributed by atoms with van der Waals surface area (Å²) in [6, 6.07) is 9.12. The van der Waals surface area contributed by atoms with E-state index in [0.29, 0.717) is 6.54 Å². The van der Waals surface area contributed by atoms with Crippen molar-refractivity contribution in [3.05, 3.63) is 54.0 Å². The van der Waals surface area contributed by atoms with E-state index in [1.54, 1.807) is 32.3 Å². The second-order valence-corrected chi connectivity index (χ2v) is 8.91. The van der Waals surface area contributed by atoms with E-state index in [1.165, 1.54) is 12.1 Å². The molecule has 2 unspecified atom stereocenters. The number of aromatic nitrogens is 1. The lowest BCUT2D eigenvalue weighted by Crippen LogP contribution is -2.54. The van der Waals surface area contributed by atoms with Crippen LogP contribution in [0.4, 0.5) is 15.9 Å². The molecular weight excluding hydrogens is 421 g/mol. The molecule has 1 aliphatic heterocycles. The highest BCUT2D eigenvalue weighted by Crippen LogP contribution is 2.34. The summed E-state index contributed by atoms with van der Waals surface area (Å²) in [6.45, 7) is 6.31. The first-order valence-corrected chi connectivity index (χ1v) is 11.5. The van der Waals surface area contributed by atoms with Gasteiger partial charge in [-0.1, -0.05) is 13.8 Å². The molecule has 0 radical (unpaired) electrons. The Morgan fingerprint density at radius 3 is 2.52 bits per heavy atom. The molecule has 1 aromatic carbocycles. The van der Waals surface area contributed by atoms with Crippen molar-refractivity contribution >= 4 is 23.3 Å². The number of amides is 2. The lowest BCUT2D eigenvalue weighted by atomic mass is 10.00. The van der Waals surface area contributed by atoms with Gasteiger partial charge in [-0.3, -0.25) is 9.59 Å². The highest BCUT2D eigenvalue weighted by molar-refractivity contribution is 5.90. The van der Waals surface area contributed by atoms with Crippen LogP contribution in [0.25, 0.3) is 0 Å². The third-order valence-electron chi connectivity index (χ3n) is 6.30. The van der Waals surface area contributed by atoms with Gasteiger partial charge in [0.15, 0.2) is 0 Å². The van der Waals surface area contributed by atoms with Gasteiger partial charge in [-0.25, -0.2) is 9.37 Å². The van der Waals surface area contributed by atoms with Gasteiger partial charge in [0.05, 0.1) is 12.1 Å². The summed E-state index contributed by atoms with van der Waals surface area (Å²) < 4.78 is 13.3. The van der Waals surface area contributed by atoms with Crippen LogP contribution in [0.5, 0.6) is 0 Å². The quantitative estimate of drug-likeness (QED) is 0.638. The fourth-order valence-corrected chi connectivity index (χ4v) is 4.10. The first-order valence-electron chi connectivity index (χ1n) is 11.5. The Morgan fingerprint density at radius 1 is 1.18 bits per heavy atom. The number of anilines is 2. The second kappa shape index (κ2) is 10.7. The first kappa shape index (κ1) is 24.6. The van der Waals surface area contributed by atoms with E-state index in [2.05, 4.69) is 15.6 Å². The number of rotatable bonds is 8. The van der Waals surface area contributed by atoms with Crippen molar-refractivity contribution in [2.45, 2.75) is 51.7 Å². The number of hydrogen-bond donors (Lipinski definition) is 2. The maximum Gasteiger partial charge on any atom is 0.245 e. The molecule has 1 aromatic heterocycles. The van der Waals surface area contributed by atoms with Gasteiger partial charge in [0.25, 0.3) is 0 Å². The monoisotopic (exact) mass is 455 g/mol. The number of pyridine rings is 1. The smallest absolute Gasteiger partial charge is 0.245 e. The molecule has 3 rings (SSSR count). The molecule has 33 heavy (non-hydrogen) atoms. The molecule has 7 nitrogen and oxygen atoms in total. The molecule has 0 spiro atoms. The van der Waals surface area contributed by atoms with Gasteiger partial charge in [0.2, 0.25) is 11.8 Å². The van der Waals surface area contributed by atoms with Crippen LogP contribution < -0.4 is 15.5 Å². The van der Waals surface area contributed by atoms with Crippen molar-refractivity contribution in [2.75, 3.05) is 25.5 Å². The third kappa shape index (κ3) is 5.68. The maximum atomic E-state index is 13.5. The Morgan fingerprint density at radius 2 is 1.88 bits per heavy atom. The van der Waals surface area contributed by atoms with Crippen LogP contribution in [0.15, 0.2) is 42.6 Å². The second-order valence-electron chi connectivity index (χ2n) is 8.91. The summed E-state index contributed by atoms with van der Waals surface area (Å²) in [5, 5.41) is 5.84. The lowest BCUT2D eigenvalue weighted by Gasteiger charge is -2.32. The Labute approximate surface area is 195 Å². The Kier molecular flexibility index (Phi) is 8.02. The van der Waals surface area contributed by atoms with Gasteiger partial charge in [-0.15, -0.1) is 0 Å². The summed E-state index contributed by atoms with van der Waals surface area (Å²) in [7, 11) is 3.60. The molecule has 0 aliphatic carbocycles. The first-order chi connectivity index (χ1) is 15.7. The summed E-state index contributed by atoms with van der Waals surface area (Å²) in [4.78, 5) is 34.2. The van der Waals surface area contributed by atoms with Crippen molar-refractivity contribution in [2.24, 2.45) is 5.92 Å². The minimum atomic E-state index is -0.586. The van der Waals surface area contributed by atoms with Gasteiger partial charge in [0.1, 0.15) is 17.7 Å². The number of carbonyl (C=O) groups is 2. The summed E-state index contributed by atoms with van der Waals surface area (Å²) >= 11 is 0. The normalized spacial score (nSPS) is 17.7. The number of nitrogens with zero attached hydrogens (tertiary/aromatic N) is 3. The zero-order valence-corrected chi connectivity index (χ0v) is 20.0. The highest BCUT2D eigenvalue weighted by Gasteiger charge is 2.36. The molecule has 2 heterocycles. The van der Waals surface area contributed by atoms with E-state index < -0.39 is 6.04 Å². The number of nitrogens with one attached hydrogen (secondary N) is 2. The molecule has 2 N–H and O–H groups in total. The Bertz CT molecular complexity index is 966. The largest absolute Gasteiger partial charge is 0.343 e. The van der Waals surface area contributed by atoms with E-state index in [4.69, 9.17) is 0 Å². The molecule has 0 saturated carbocycles. The van der Waals surface area contributed by atoms with Gasteiger partial charge in [-0.05, 0) is 74.7 Å². The predicted molar refractivity (Wildman–Crippen MR) is 128 cm³/mol. The molecule has 178 valence electrons. The van der Waals surface area contributed by atoms with Gasteiger partial charge < -0.3 is 20.4 Å². The Hall–Kier alpha value is -3.00. The van der Waals surface area contributed by atoms with E-state index in [0.717, 1.165) is 29.9 Å². The van der Waals surface area contributed by atoms with E-state index in [-0.39, 0.29) is 35.6 Å². The van der Waals surface area contributed by atoms with Crippen molar-refractivity contribution in [3.63, 3.8) is 0 Å². The number of likely N-dealkylation sites (N-methyl/N-ethyl adjacent to an activating group) is 1. The van der Waals surface area contributed by atoms with E-state index in [9.17, 15) is 14.0 Å². The molecule has 2 aromatic rings. The standard InChI is InChI=1S/C25H34FN5O2/c1-16(2)23(29-24(32)17(3)27-4)25(33)31-14-6-7-21(31)18-12-13-28-22(15-18)30(5)20-10-8-19(26)9-11-20/h8-13,15-17,21,23,27H,6-7,14H2,1-5H3,(H,29,32)/t17?,21?,23-/m0/s1. The maximum absolute atomic E-state index is 13.5. The van der Waals surface area contributed by atoms with Gasteiger partial charge >= 0.3 is 0 Å². The third-order valence-corrected chi connectivity index (χ3v) is 6.30. The average Bonchev–Trinajstić information content (AvgIpc) is 3.31. The van der Waals surface area contributed by atoms with Crippen molar-refractivity contribution in [1.29, 1.82) is 0 Å². The molecule has 8 heteroatoms. The number of carbonyl (C=O) groups excluding carboxylic acids is 2. The van der Waals surface area contributed by atoms with Crippen LogP contribution in [0, 0.1) is 11.7 Å². The van der Waals surface area contributed by atoms with E-state index in [1.807, 2.05) is 42.8 Å². The van der Waals surface area contributed by atoms with Gasteiger partial charge in [0, 0.05) is 25.5 Å². The van der Waals surface area contributed by atoms with Crippen molar-refractivity contribution in [3.8, 4) is 0 Å². The number of hydrogen-bond acceptors (Lipinski definition) is 5. The number of likely N-dealkylation sites (tertiary alicyclic amines) is 1. The zero-order chi connectivity index (χ0) is 24.1. The predicted octanol–water partition coefficient (Wildman–Crippen LogP) is 3.40. The molecule has 3 atom stereocenters. The molecule has 1 saturated heterocycles. The van der Waals surface area contributed by atoms with Crippen LogP contribution in [0.3, 0.4) is 0 Å². The van der Waals surface area contributed by atoms with E-state index >= 15 is 0 Å². The molecular formula is C25H34FN5O2. The summed E-state index contributed by atoms with van der Waals surface area (Å²) in [5.74, 6) is 0.144. The Balaban J connectivity index is 1.81. The minimum Gasteiger partial charge on any atom is -0.343 e. The van der Waals surface area contributed by atoms with Gasteiger partial charge in [-0.2, -0.15) is 0 Å². The molecule has 2 amide bonds. The highest BCUT2D eigenvalue weighted by atomic mass is 19.1. The molecule has 0 bridgehead atoms. The average molecular weight is 456 g/mol. The van der Waals surface area contributed by atoms with Crippen LogP contribution in [-0.2, 0) is 9.59 Å². The topological polar surface area (TPSA) is 77.6 Å². The fraction of sp³-hybridized carbons (Fsp3) is 0.480. The SMILES string of the molecule is CNC(C)C(=O)N[C@H](C(=O)N1CCCC1c1ccnc(N(C)c2ccc(F)cc2)c1)C(C)C. The number of benzene rings is 1. The number of halogens is 1. The zero-order valence-electron chi connectivity index (χ0n) is 20.0. The van der Waals surface area contributed by atoms with Crippen LogP contribution >= 0.6 is 0 Å². The summed E-state index contributed by atoms with van der Waals surface area (Å²) in [5.41, 5.74) is 1.82.